The van der Waals surface area contributed by atoms with Gasteiger partial charge in [0.15, 0.2) is 0 Å². The summed E-state index contributed by atoms with van der Waals surface area (Å²) < 4.78 is 2.20. The Kier molecular flexibility index (Phi) is 2.28. The molecule has 0 amide bonds. The van der Waals surface area contributed by atoms with Crippen molar-refractivity contribution in [2.45, 2.75) is 33.1 Å². The fourth-order valence-electron chi connectivity index (χ4n) is 1.79. The average molecular weight is 188 g/mol. The van der Waals surface area contributed by atoms with E-state index in [9.17, 15) is 0 Å². The second-order valence-electron chi connectivity index (χ2n) is 3.92. The molecule has 0 bridgehead atoms. The van der Waals surface area contributed by atoms with Crippen molar-refractivity contribution < 1.29 is 0 Å². The Labute approximate surface area is 84.6 Å². The first-order valence-corrected chi connectivity index (χ1v) is 5.19. The van der Waals surface area contributed by atoms with Crippen LogP contribution in [0.5, 0.6) is 0 Å². The first-order valence-electron chi connectivity index (χ1n) is 5.19. The van der Waals surface area contributed by atoms with Gasteiger partial charge in [0.2, 0.25) is 0 Å². The van der Waals surface area contributed by atoms with E-state index in [1.165, 1.54) is 11.3 Å². The van der Waals surface area contributed by atoms with Gasteiger partial charge in [-0.25, -0.2) is 4.98 Å². The molecule has 2 rings (SSSR count). The number of pyridine rings is 1. The number of hydrogen-bond donors (Lipinski definition) is 0. The first kappa shape index (κ1) is 9.25. The summed E-state index contributed by atoms with van der Waals surface area (Å²) in [5.41, 5.74) is 3.72. The maximum Gasteiger partial charge on any atom is 0.140 e. The number of hydrogen-bond acceptors (Lipinski definition) is 1. The van der Waals surface area contributed by atoms with E-state index in [0.29, 0.717) is 5.92 Å². The lowest BCUT2D eigenvalue weighted by Gasteiger charge is -2.05. The summed E-state index contributed by atoms with van der Waals surface area (Å²) in [4.78, 5) is 4.47. The standard InChI is InChI=1S/C12H16N2/c1-4-10-6-5-7-14-11(9(2)3)8-13-12(10)14/h5-9H,4H2,1-3H3. The molecular formula is C12H16N2. The van der Waals surface area contributed by atoms with Crippen molar-refractivity contribution in [2.24, 2.45) is 0 Å². The van der Waals surface area contributed by atoms with Crippen LogP contribution in [0.2, 0.25) is 0 Å². The van der Waals surface area contributed by atoms with Crippen LogP contribution in [-0.4, -0.2) is 9.38 Å². The van der Waals surface area contributed by atoms with Gasteiger partial charge in [-0.05, 0) is 24.0 Å². The highest BCUT2D eigenvalue weighted by Gasteiger charge is 2.08. The Morgan fingerprint density at radius 2 is 2.21 bits per heavy atom. The molecule has 2 heterocycles. The summed E-state index contributed by atoms with van der Waals surface area (Å²) in [5, 5.41) is 0. The van der Waals surface area contributed by atoms with E-state index in [2.05, 4.69) is 48.5 Å². The average Bonchev–Trinajstić information content (AvgIpc) is 2.60. The van der Waals surface area contributed by atoms with E-state index in [4.69, 9.17) is 0 Å². The number of aryl methyl sites for hydroxylation is 1. The van der Waals surface area contributed by atoms with Crippen LogP contribution in [0.25, 0.3) is 5.65 Å². The maximum absolute atomic E-state index is 4.47. The smallest absolute Gasteiger partial charge is 0.140 e. The third-order valence-electron chi connectivity index (χ3n) is 2.62. The second kappa shape index (κ2) is 3.45. The molecule has 0 fully saturated rings. The minimum absolute atomic E-state index is 0.525. The molecular weight excluding hydrogens is 172 g/mol. The number of fused-ring (bicyclic) bond motifs is 1. The van der Waals surface area contributed by atoms with E-state index < -0.39 is 0 Å². The molecule has 0 aliphatic rings. The summed E-state index contributed by atoms with van der Waals surface area (Å²) in [6.45, 7) is 6.56. The lowest BCUT2D eigenvalue weighted by Crippen LogP contribution is -1.96. The Morgan fingerprint density at radius 1 is 1.43 bits per heavy atom. The fraction of sp³-hybridized carbons (Fsp3) is 0.417. The highest BCUT2D eigenvalue weighted by molar-refractivity contribution is 5.49. The van der Waals surface area contributed by atoms with Gasteiger partial charge < -0.3 is 4.40 Å². The van der Waals surface area contributed by atoms with Crippen LogP contribution in [0.4, 0.5) is 0 Å². The molecule has 0 atom stereocenters. The summed E-state index contributed by atoms with van der Waals surface area (Å²) in [7, 11) is 0. The molecule has 14 heavy (non-hydrogen) atoms. The molecule has 0 radical (unpaired) electrons. The van der Waals surface area contributed by atoms with Crippen LogP contribution in [0.15, 0.2) is 24.5 Å². The molecule has 0 aromatic carbocycles. The Hall–Kier alpha value is -1.31. The summed E-state index contributed by atoms with van der Waals surface area (Å²) in [6, 6.07) is 4.24. The van der Waals surface area contributed by atoms with Gasteiger partial charge in [-0.3, -0.25) is 0 Å². The van der Waals surface area contributed by atoms with Gasteiger partial charge in [0.1, 0.15) is 5.65 Å². The molecule has 0 unspecified atom stereocenters. The van der Waals surface area contributed by atoms with Gasteiger partial charge in [0, 0.05) is 18.1 Å². The zero-order valence-electron chi connectivity index (χ0n) is 8.99. The Balaban J connectivity index is 2.69. The molecule has 0 spiro atoms. The van der Waals surface area contributed by atoms with E-state index in [-0.39, 0.29) is 0 Å². The van der Waals surface area contributed by atoms with Crippen molar-refractivity contribution in [1.82, 2.24) is 9.38 Å². The number of imidazole rings is 1. The SMILES string of the molecule is CCc1cccn2c(C(C)C)cnc12. The largest absolute Gasteiger partial charge is 0.304 e. The number of nitrogens with zero attached hydrogens (tertiary/aromatic N) is 2. The van der Waals surface area contributed by atoms with Crippen molar-refractivity contribution in [3.05, 3.63) is 35.8 Å². The highest BCUT2D eigenvalue weighted by Crippen LogP contribution is 2.18. The van der Waals surface area contributed by atoms with E-state index in [1.54, 1.807) is 0 Å². The minimum Gasteiger partial charge on any atom is -0.304 e. The van der Waals surface area contributed by atoms with Crippen LogP contribution in [0.3, 0.4) is 0 Å². The normalized spacial score (nSPS) is 11.4. The highest BCUT2D eigenvalue weighted by atomic mass is 15.0. The van der Waals surface area contributed by atoms with E-state index in [0.717, 1.165) is 12.1 Å². The number of rotatable bonds is 2. The zero-order valence-corrected chi connectivity index (χ0v) is 8.99. The monoisotopic (exact) mass is 188 g/mol. The van der Waals surface area contributed by atoms with Gasteiger partial charge >= 0.3 is 0 Å². The van der Waals surface area contributed by atoms with Gasteiger partial charge in [-0.1, -0.05) is 26.8 Å². The molecule has 2 aromatic heterocycles. The molecule has 0 aliphatic heterocycles. The molecule has 2 heteroatoms. The molecule has 0 saturated carbocycles. The summed E-state index contributed by atoms with van der Waals surface area (Å²) in [6.07, 6.45) is 5.12. The van der Waals surface area contributed by atoms with Crippen molar-refractivity contribution in [3.8, 4) is 0 Å². The maximum atomic E-state index is 4.47. The molecule has 2 aromatic rings. The third-order valence-corrected chi connectivity index (χ3v) is 2.62. The van der Waals surface area contributed by atoms with Crippen molar-refractivity contribution in [2.75, 3.05) is 0 Å². The van der Waals surface area contributed by atoms with Gasteiger partial charge in [0.05, 0.1) is 0 Å². The predicted octanol–water partition coefficient (Wildman–Crippen LogP) is 3.02. The van der Waals surface area contributed by atoms with Crippen LogP contribution >= 0.6 is 0 Å². The Bertz CT molecular complexity index is 441. The molecule has 74 valence electrons. The van der Waals surface area contributed by atoms with Crippen molar-refractivity contribution in [3.63, 3.8) is 0 Å². The topological polar surface area (TPSA) is 17.3 Å². The van der Waals surface area contributed by atoms with Gasteiger partial charge in [-0.2, -0.15) is 0 Å². The van der Waals surface area contributed by atoms with Crippen LogP contribution in [-0.2, 0) is 6.42 Å². The van der Waals surface area contributed by atoms with Crippen molar-refractivity contribution >= 4 is 5.65 Å². The lowest BCUT2D eigenvalue weighted by molar-refractivity contribution is 0.807. The molecule has 0 aliphatic carbocycles. The zero-order chi connectivity index (χ0) is 10.1. The summed E-state index contributed by atoms with van der Waals surface area (Å²) in [5.74, 6) is 0.525. The lowest BCUT2D eigenvalue weighted by atomic mass is 10.1. The molecule has 0 N–H and O–H groups in total. The molecule has 0 saturated heterocycles. The fourth-order valence-corrected chi connectivity index (χ4v) is 1.79. The Morgan fingerprint density at radius 3 is 2.86 bits per heavy atom. The summed E-state index contributed by atoms with van der Waals surface area (Å²) >= 11 is 0. The van der Waals surface area contributed by atoms with E-state index in [1.807, 2.05) is 6.20 Å². The van der Waals surface area contributed by atoms with Gasteiger partial charge in [0.25, 0.3) is 0 Å². The van der Waals surface area contributed by atoms with Crippen LogP contribution in [0.1, 0.15) is 37.9 Å². The van der Waals surface area contributed by atoms with Crippen LogP contribution < -0.4 is 0 Å². The minimum atomic E-state index is 0.525. The third kappa shape index (κ3) is 1.31. The number of aromatic nitrogens is 2. The van der Waals surface area contributed by atoms with Crippen LogP contribution in [0, 0.1) is 0 Å². The van der Waals surface area contributed by atoms with E-state index >= 15 is 0 Å². The first-order chi connectivity index (χ1) is 6.74. The van der Waals surface area contributed by atoms with Crippen molar-refractivity contribution in [1.29, 1.82) is 0 Å². The molecule has 2 nitrogen and oxygen atoms in total. The predicted molar refractivity (Wildman–Crippen MR) is 58.7 cm³/mol. The van der Waals surface area contributed by atoms with Gasteiger partial charge in [-0.15, -0.1) is 0 Å². The second-order valence-corrected chi connectivity index (χ2v) is 3.92. The quantitative estimate of drug-likeness (QED) is 0.708.